The van der Waals surface area contributed by atoms with E-state index in [0.29, 0.717) is 13.0 Å². The second-order valence-corrected chi connectivity index (χ2v) is 8.13. The van der Waals surface area contributed by atoms with Gasteiger partial charge in [0.05, 0.1) is 16.6 Å². The first kappa shape index (κ1) is 19.5. The zero-order valence-corrected chi connectivity index (χ0v) is 17.0. The quantitative estimate of drug-likeness (QED) is 0.325. The Morgan fingerprint density at radius 1 is 1.03 bits per heavy atom. The first-order chi connectivity index (χ1) is 15.1. The molecule has 0 saturated heterocycles. The predicted molar refractivity (Wildman–Crippen MR) is 122 cm³/mol. The van der Waals surface area contributed by atoms with Crippen LogP contribution in [0.4, 0.5) is 20.2 Å². The van der Waals surface area contributed by atoms with E-state index in [1.807, 2.05) is 18.2 Å². The lowest BCUT2D eigenvalue weighted by atomic mass is 10.0. The fourth-order valence-corrected chi connectivity index (χ4v) is 4.31. The van der Waals surface area contributed by atoms with E-state index in [0.717, 1.165) is 19.3 Å². The Kier molecular flexibility index (Phi) is 4.85. The van der Waals surface area contributed by atoms with Crippen LogP contribution in [-0.2, 0) is 6.42 Å². The summed E-state index contributed by atoms with van der Waals surface area (Å²) in [5, 5.41) is 5.17. The average molecular weight is 419 g/mol. The smallest absolute Gasteiger partial charge is 0.191 e. The summed E-state index contributed by atoms with van der Waals surface area (Å²) in [6.07, 6.45) is 4.85. The van der Waals surface area contributed by atoms with Gasteiger partial charge in [-0.3, -0.25) is 4.79 Å². The molecule has 0 atom stereocenters. The molecule has 1 heterocycles. The van der Waals surface area contributed by atoms with Crippen molar-refractivity contribution in [1.29, 1.82) is 0 Å². The van der Waals surface area contributed by atoms with E-state index in [1.165, 1.54) is 22.4 Å². The second-order valence-electron chi connectivity index (χ2n) is 8.13. The molecule has 3 aromatic carbocycles. The van der Waals surface area contributed by atoms with E-state index >= 15 is 4.39 Å². The van der Waals surface area contributed by atoms with Crippen LogP contribution in [0.1, 0.15) is 30.9 Å². The summed E-state index contributed by atoms with van der Waals surface area (Å²) < 4.78 is 32.0. The molecule has 0 aliphatic heterocycles. The molecule has 4 aromatic rings. The molecule has 0 spiro atoms. The van der Waals surface area contributed by atoms with E-state index < -0.39 is 17.1 Å². The summed E-state index contributed by atoms with van der Waals surface area (Å²) in [6.45, 7) is 0.377. The number of aromatic nitrogens is 1. The molecule has 1 aliphatic rings. The van der Waals surface area contributed by atoms with Gasteiger partial charge in [0.25, 0.3) is 0 Å². The lowest BCUT2D eigenvalue weighted by Gasteiger charge is -2.17. The van der Waals surface area contributed by atoms with Crippen LogP contribution >= 0.6 is 0 Å². The first-order valence-corrected chi connectivity index (χ1v) is 10.6. The summed E-state index contributed by atoms with van der Waals surface area (Å²) >= 11 is 0. The van der Waals surface area contributed by atoms with Crippen LogP contribution in [-0.4, -0.2) is 11.1 Å². The molecule has 5 rings (SSSR count). The Hall–Kier alpha value is -3.41. The number of benzene rings is 3. The molecule has 6 heteroatoms. The number of nitrogen functional groups attached to an aromatic ring is 1. The third kappa shape index (κ3) is 3.42. The molecule has 1 fully saturated rings. The van der Waals surface area contributed by atoms with Gasteiger partial charge < -0.3 is 15.6 Å². The number of nitrogens with zero attached hydrogens (tertiary/aromatic N) is 1. The van der Waals surface area contributed by atoms with Gasteiger partial charge in [-0.25, -0.2) is 8.78 Å². The molecule has 3 N–H and O–H groups in total. The summed E-state index contributed by atoms with van der Waals surface area (Å²) in [5.41, 5.74) is 6.20. The maximum absolute atomic E-state index is 15.4. The van der Waals surface area contributed by atoms with Gasteiger partial charge in [0.1, 0.15) is 5.69 Å². The van der Waals surface area contributed by atoms with Crippen molar-refractivity contribution in [2.75, 3.05) is 17.6 Å². The van der Waals surface area contributed by atoms with Gasteiger partial charge >= 0.3 is 0 Å². The summed E-state index contributed by atoms with van der Waals surface area (Å²) in [6, 6.07) is 15.8. The number of nitrogens with two attached hydrogens (primary N) is 1. The minimum absolute atomic E-state index is 0.0781. The maximum Gasteiger partial charge on any atom is 0.191 e. The van der Waals surface area contributed by atoms with Gasteiger partial charge in [-0.15, -0.1) is 0 Å². The third-order valence-electron chi connectivity index (χ3n) is 6.03. The Labute approximate surface area is 178 Å². The zero-order valence-electron chi connectivity index (χ0n) is 17.0. The Balaban J connectivity index is 1.42. The molecule has 0 unspecified atom stereocenters. The lowest BCUT2D eigenvalue weighted by molar-refractivity contribution is 0.590. The van der Waals surface area contributed by atoms with Crippen molar-refractivity contribution in [1.82, 2.24) is 4.57 Å². The van der Waals surface area contributed by atoms with E-state index in [9.17, 15) is 9.18 Å². The molecule has 0 radical (unpaired) electrons. The zero-order chi connectivity index (χ0) is 21.5. The number of hydrogen-bond acceptors (Lipinski definition) is 3. The highest BCUT2D eigenvalue weighted by molar-refractivity contribution is 5.95. The number of rotatable bonds is 6. The van der Waals surface area contributed by atoms with Crippen LogP contribution in [0, 0.1) is 11.6 Å². The third-order valence-corrected chi connectivity index (χ3v) is 6.03. The SMILES string of the molecule is Nc1c(F)c(NCCCc2cccc3ccccc23)c(F)c2c1c(=O)ccn2C1CC1. The molecule has 1 saturated carbocycles. The fourth-order valence-electron chi connectivity index (χ4n) is 4.31. The standard InChI is InChI=1S/C25H23F2N3O/c26-21-23(28)20-19(31)12-14-30(17-10-11-17)25(20)22(27)24(21)29-13-4-8-16-7-3-6-15-5-1-2-9-18(15)16/h1-3,5-7,9,12,14,17,29H,4,8,10-11,13,28H2. The second kappa shape index (κ2) is 7.69. The van der Waals surface area contributed by atoms with Gasteiger partial charge in [-0.05, 0) is 42.0 Å². The number of anilines is 2. The highest BCUT2D eigenvalue weighted by Gasteiger charge is 2.29. The van der Waals surface area contributed by atoms with Gasteiger partial charge in [0.2, 0.25) is 0 Å². The van der Waals surface area contributed by atoms with Crippen LogP contribution in [0.2, 0.25) is 0 Å². The highest BCUT2D eigenvalue weighted by Crippen LogP contribution is 2.40. The first-order valence-electron chi connectivity index (χ1n) is 10.6. The molecule has 0 amide bonds. The lowest BCUT2D eigenvalue weighted by Crippen LogP contribution is -2.16. The van der Waals surface area contributed by atoms with E-state index in [4.69, 9.17) is 5.73 Å². The summed E-state index contributed by atoms with van der Waals surface area (Å²) in [7, 11) is 0. The van der Waals surface area contributed by atoms with Crippen molar-refractivity contribution in [3.8, 4) is 0 Å². The van der Waals surface area contributed by atoms with Crippen molar-refractivity contribution >= 4 is 33.1 Å². The molecular formula is C25H23F2N3O. The fraction of sp³-hybridized carbons (Fsp3) is 0.240. The normalized spacial score (nSPS) is 13.7. The number of fused-ring (bicyclic) bond motifs is 2. The minimum Gasteiger partial charge on any atom is -0.396 e. The van der Waals surface area contributed by atoms with Gasteiger partial charge in [0.15, 0.2) is 17.1 Å². The number of aryl methyl sites for hydroxylation is 1. The minimum atomic E-state index is -0.902. The van der Waals surface area contributed by atoms with Crippen molar-refractivity contribution in [2.24, 2.45) is 0 Å². The van der Waals surface area contributed by atoms with Gasteiger partial charge in [0, 0.05) is 24.8 Å². The monoisotopic (exact) mass is 419 g/mol. The van der Waals surface area contributed by atoms with E-state index in [2.05, 4.69) is 29.6 Å². The topological polar surface area (TPSA) is 60.0 Å². The number of hydrogen-bond donors (Lipinski definition) is 2. The van der Waals surface area contributed by atoms with Crippen molar-refractivity contribution < 1.29 is 8.78 Å². The molecular weight excluding hydrogens is 396 g/mol. The largest absolute Gasteiger partial charge is 0.396 e. The van der Waals surface area contributed by atoms with Crippen LogP contribution in [0.3, 0.4) is 0 Å². The van der Waals surface area contributed by atoms with Crippen LogP contribution < -0.4 is 16.5 Å². The van der Waals surface area contributed by atoms with Crippen molar-refractivity contribution in [3.05, 3.63) is 82.1 Å². The average Bonchev–Trinajstić information content (AvgIpc) is 3.62. The number of pyridine rings is 1. The molecule has 1 aromatic heterocycles. The molecule has 31 heavy (non-hydrogen) atoms. The van der Waals surface area contributed by atoms with Crippen molar-refractivity contribution in [3.63, 3.8) is 0 Å². The van der Waals surface area contributed by atoms with Gasteiger partial charge in [-0.2, -0.15) is 0 Å². The van der Waals surface area contributed by atoms with Gasteiger partial charge in [-0.1, -0.05) is 42.5 Å². The Morgan fingerprint density at radius 3 is 2.61 bits per heavy atom. The Morgan fingerprint density at radius 2 is 1.81 bits per heavy atom. The number of nitrogens with one attached hydrogen (secondary N) is 1. The molecule has 0 bridgehead atoms. The van der Waals surface area contributed by atoms with E-state index in [1.54, 1.807) is 10.8 Å². The Bertz CT molecular complexity index is 1350. The van der Waals surface area contributed by atoms with Crippen LogP contribution in [0.25, 0.3) is 21.7 Å². The summed E-state index contributed by atoms with van der Waals surface area (Å²) in [5.74, 6) is -1.66. The molecule has 1 aliphatic carbocycles. The number of halogens is 2. The molecule has 4 nitrogen and oxygen atoms in total. The van der Waals surface area contributed by atoms with E-state index in [-0.39, 0.29) is 28.3 Å². The van der Waals surface area contributed by atoms with Crippen molar-refractivity contribution in [2.45, 2.75) is 31.7 Å². The summed E-state index contributed by atoms with van der Waals surface area (Å²) in [4.78, 5) is 12.3. The maximum atomic E-state index is 15.4. The predicted octanol–water partition coefficient (Wildman–Crippen LogP) is 5.39. The van der Waals surface area contributed by atoms with Crippen LogP contribution in [0.5, 0.6) is 0 Å². The highest BCUT2D eigenvalue weighted by atomic mass is 19.1. The van der Waals surface area contributed by atoms with Crippen LogP contribution in [0.15, 0.2) is 59.5 Å². The molecule has 158 valence electrons.